The lowest BCUT2D eigenvalue weighted by molar-refractivity contribution is 0.205. The van der Waals surface area contributed by atoms with Gasteiger partial charge in [0.2, 0.25) is 0 Å². The average molecular weight is 209 g/mol. The molecule has 0 bridgehead atoms. The maximum atomic E-state index is 3.68. The van der Waals surface area contributed by atoms with Gasteiger partial charge in [-0.15, -0.1) is 0 Å². The molecule has 0 saturated heterocycles. The van der Waals surface area contributed by atoms with Gasteiger partial charge in [-0.05, 0) is 57.4 Å². The molecule has 1 nitrogen and oxygen atoms in total. The molecule has 2 aliphatic rings. The zero-order chi connectivity index (χ0) is 11.1. The van der Waals surface area contributed by atoms with Gasteiger partial charge in [0.15, 0.2) is 0 Å². The maximum Gasteiger partial charge on any atom is 0.00966 e. The first-order chi connectivity index (χ1) is 6.94. The van der Waals surface area contributed by atoms with E-state index < -0.39 is 0 Å². The molecular formula is C14H27N. The summed E-state index contributed by atoms with van der Waals surface area (Å²) < 4.78 is 0. The topological polar surface area (TPSA) is 12.0 Å². The van der Waals surface area contributed by atoms with Gasteiger partial charge in [-0.2, -0.15) is 0 Å². The van der Waals surface area contributed by atoms with E-state index in [1.165, 1.54) is 38.6 Å². The molecule has 1 N–H and O–H groups in total. The van der Waals surface area contributed by atoms with Crippen molar-refractivity contribution in [2.45, 2.75) is 65.3 Å². The second-order valence-electron chi connectivity index (χ2n) is 6.91. The van der Waals surface area contributed by atoms with Crippen LogP contribution in [0.2, 0.25) is 0 Å². The summed E-state index contributed by atoms with van der Waals surface area (Å²) in [7, 11) is 0. The van der Waals surface area contributed by atoms with Crippen LogP contribution in [0.15, 0.2) is 0 Å². The van der Waals surface area contributed by atoms with E-state index >= 15 is 0 Å². The van der Waals surface area contributed by atoms with Gasteiger partial charge in [-0.3, -0.25) is 0 Å². The highest BCUT2D eigenvalue weighted by Gasteiger charge is 2.56. The smallest absolute Gasteiger partial charge is 0.00966 e. The molecule has 2 rings (SSSR count). The molecule has 0 radical (unpaired) electrons. The van der Waals surface area contributed by atoms with E-state index in [1.54, 1.807) is 0 Å². The fraction of sp³-hybridized carbons (Fsp3) is 1.00. The highest BCUT2D eigenvalue weighted by atomic mass is 15.0. The van der Waals surface area contributed by atoms with Crippen molar-refractivity contribution < 1.29 is 0 Å². The fourth-order valence-corrected chi connectivity index (χ4v) is 3.45. The SMILES string of the molecule is CC1CCCCC12CC2CNC(C)(C)C. The molecule has 15 heavy (non-hydrogen) atoms. The fourth-order valence-electron chi connectivity index (χ4n) is 3.45. The molecule has 88 valence electrons. The standard InChI is InChI=1S/C14H27N/c1-11-7-5-6-8-14(11)9-12(14)10-15-13(2,3)4/h11-12,15H,5-10H2,1-4H3. The first-order valence-corrected chi connectivity index (χ1v) is 6.69. The monoisotopic (exact) mass is 209 g/mol. The zero-order valence-electron chi connectivity index (χ0n) is 10.9. The Bertz CT molecular complexity index is 228. The molecule has 0 heterocycles. The van der Waals surface area contributed by atoms with Crippen LogP contribution in [0.5, 0.6) is 0 Å². The summed E-state index contributed by atoms with van der Waals surface area (Å²) in [5.74, 6) is 1.96. The summed E-state index contributed by atoms with van der Waals surface area (Å²) in [6.07, 6.45) is 7.44. The van der Waals surface area contributed by atoms with Crippen molar-refractivity contribution in [2.75, 3.05) is 6.54 Å². The summed E-state index contributed by atoms with van der Waals surface area (Å²) >= 11 is 0. The van der Waals surface area contributed by atoms with Gasteiger partial charge in [0, 0.05) is 5.54 Å². The van der Waals surface area contributed by atoms with E-state index in [2.05, 4.69) is 33.0 Å². The molecule has 0 amide bonds. The number of rotatable bonds is 2. The maximum absolute atomic E-state index is 3.68. The van der Waals surface area contributed by atoms with Crippen molar-refractivity contribution in [1.29, 1.82) is 0 Å². The van der Waals surface area contributed by atoms with Crippen molar-refractivity contribution >= 4 is 0 Å². The van der Waals surface area contributed by atoms with Crippen LogP contribution in [0.25, 0.3) is 0 Å². The van der Waals surface area contributed by atoms with Crippen LogP contribution < -0.4 is 5.32 Å². The normalized spacial score (nSPS) is 40.8. The van der Waals surface area contributed by atoms with Crippen molar-refractivity contribution in [3.63, 3.8) is 0 Å². The lowest BCUT2D eigenvalue weighted by atomic mass is 9.76. The van der Waals surface area contributed by atoms with Gasteiger partial charge in [-0.1, -0.05) is 26.2 Å². The van der Waals surface area contributed by atoms with Crippen LogP contribution in [-0.4, -0.2) is 12.1 Å². The summed E-state index contributed by atoms with van der Waals surface area (Å²) in [6.45, 7) is 10.5. The van der Waals surface area contributed by atoms with Crippen LogP contribution in [0.4, 0.5) is 0 Å². The molecule has 2 fully saturated rings. The van der Waals surface area contributed by atoms with E-state index in [9.17, 15) is 0 Å². The van der Waals surface area contributed by atoms with E-state index in [1.807, 2.05) is 0 Å². The minimum Gasteiger partial charge on any atom is -0.312 e. The number of hydrogen-bond acceptors (Lipinski definition) is 1. The van der Waals surface area contributed by atoms with Crippen molar-refractivity contribution in [1.82, 2.24) is 5.32 Å². The Morgan fingerprint density at radius 2 is 2.00 bits per heavy atom. The van der Waals surface area contributed by atoms with Gasteiger partial charge in [0.1, 0.15) is 0 Å². The molecule has 1 heteroatoms. The summed E-state index contributed by atoms with van der Waals surface area (Å²) in [5, 5.41) is 3.68. The summed E-state index contributed by atoms with van der Waals surface area (Å²) in [5.41, 5.74) is 1.05. The third-order valence-electron chi connectivity index (χ3n) is 4.67. The quantitative estimate of drug-likeness (QED) is 0.733. The van der Waals surface area contributed by atoms with E-state index in [0.29, 0.717) is 5.54 Å². The van der Waals surface area contributed by atoms with Crippen molar-refractivity contribution in [3.8, 4) is 0 Å². The second kappa shape index (κ2) is 3.76. The molecule has 2 saturated carbocycles. The van der Waals surface area contributed by atoms with E-state index in [-0.39, 0.29) is 0 Å². The van der Waals surface area contributed by atoms with Crippen molar-refractivity contribution in [2.24, 2.45) is 17.3 Å². The first-order valence-electron chi connectivity index (χ1n) is 6.69. The zero-order valence-corrected chi connectivity index (χ0v) is 10.9. The molecule has 3 unspecified atom stereocenters. The summed E-state index contributed by atoms with van der Waals surface area (Å²) in [4.78, 5) is 0. The van der Waals surface area contributed by atoms with Crippen LogP contribution in [-0.2, 0) is 0 Å². The van der Waals surface area contributed by atoms with Crippen LogP contribution >= 0.6 is 0 Å². The Labute approximate surface area is 95.0 Å². The Morgan fingerprint density at radius 3 is 2.60 bits per heavy atom. The lowest BCUT2D eigenvalue weighted by Crippen LogP contribution is -2.38. The Morgan fingerprint density at radius 1 is 1.27 bits per heavy atom. The Balaban J connectivity index is 1.83. The largest absolute Gasteiger partial charge is 0.312 e. The molecule has 3 atom stereocenters. The van der Waals surface area contributed by atoms with Crippen LogP contribution in [0, 0.1) is 17.3 Å². The Hall–Kier alpha value is -0.0400. The lowest BCUT2D eigenvalue weighted by Gasteiger charge is -2.31. The Kier molecular flexibility index (Phi) is 2.87. The summed E-state index contributed by atoms with van der Waals surface area (Å²) in [6, 6.07) is 0. The predicted octanol–water partition coefficient (Wildman–Crippen LogP) is 3.59. The van der Waals surface area contributed by atoms with Gasteiger partial charge in [0.05, 0.1) is 0 Å². The van der Waals surface area contributed by atoms with E-state index in [0.717, 1.165) is 17.3 Å². The number of nitrogens with one attached hydrogen (secondary N) is 1. The van der Waals surface area contributed by atoms with Crippen LogP contribution in [0.1, 0.15) is 59.8 Å². The van der Waals surface area contributed by atoms with Crippen LogP contribution in [0.3, 0.4) is 0 Å². The van der Waals surface area contributed by atoms with Gasteiger partial charge in [-0.25, -0.2) is 0 Å². The van der Waals surface area contributed by atoms with Crippen molar-refractivity contribution in [3.05, 3.63) is 0 Å². The molecule has 2 aliphatic carbocycles. The minimum atomic E-state index is 0.293. The minimum absolute atomic E-state index is 0.293. The second-order valence-corrected chi connectivity index (χ2v) is 6.91. The average Bonchev–Trinajstić information content (AvgIpc) is 2.82. The van der Waals surface area contributed by atoms with Gasteiger partial charge >= 0.3 is 0 Å². The van der Waals surface area contributed by atoms with E-state index in [4.69, 9.17) is 0 Å². The third-order valence-corrected chi connectivity index (χ3v) is 4.67. The predicted molar refractivity (Wildman–Crippen MR) is 65.9 cm³/mol. The molecule has 0 aromatic rings. The van der Waals surface area contributed by atoms with Gasteiger partial charge < -0.3 is 5.32 Å². The highest BCUT2D eigenvalue weighted by molar-refractivity contribution is 5.07. The molecule has 1 spiro atoms. The molecule has 0 aromatic carbocycles. The third kappa shape index (κ3) is 2.38. The molecular weight excluding hydrogens is 182 g/mol. The molecule has 0 aromatic heterocycles. The van der Waals surface area contributed by atoms with Gasteiger partial charge in [0.25, 0.3) is 0 Å². The number of hydrogen-bond donors (Lipinski definition) is 1. The first kappa shape index (κ1) is 11.4. The molecule has 0 aliphatic heterocycles. The highest BCUT2D eigenvalue weighted by Crippen LogP contribution is 2.63.